The minimum atomic E-state index is -0.411. The number of aromatic hydroxyl groups is 2. The van der Waals surface area contributed by atoms with Crippen LogP contribution in [0.2, 0.25) is 0 Å². The fourth-order valence-electron chi connectivity index (χ4n) is 2.57. The summed E-state index contributed by atoms with van der Waals surface area (Å²) in [6.45, 7) is 1.82. The van der Waals surface area contributed by atoms with E-state index in [9.17, 15) is 19.4 Å². The summed E-state index contributed by atoms with van der Waals surface area (Å²) >= 11 is 1.25. The van der Waals surface area contributed by atoms with Crippen molar-refractivity contribution in [2.45, 2.75) is 19.4 Å². The molecule has 2 amide bonds. The average Bonchev–Trinajstić information content (AvgIpc) is 3.06. The van der Waals surface area contributed by atoms with E-state index < -0.39 is 6.03 Å². The first kappa shape index (κ1) is 18.7. The summed E-state index contributed by atoms with van der Waals surface area (Å²) in [6, 6.07) is 10.0. The lowest BCUT2D eigenvalue weighted by Gasteiger charge is -2.14. The summed E-state index contributed by atoms with van der Waals surface area (Å²) < 4.78 is 13.3. The number of phenols is 2. The van der Waals surface area contributed by atoms with Crippen molar-refractivity contribution in [3.63, 3.8) is 0 Å². The molecule has 27 heavy (non-hydrogen) atoms. The first-order valence-electron chi connectivity index (χ1n) is 8.20. The Bertz CT molecular complexity index is 961. The first-order chi connectivity index (χ1) is 12.9. The molecule has 3 aromatic rings. The van der Waals surface area contributed by atoms with Crippen LogP contribution in [0.3, 0.4) is 0 Å². The third kappa shape index (κ3) is 4.95. The number of thiazole rings is 1. The molecule has 2 aromatic carbocycles. The summed E-state index contributed by atoms with van der Waals surface area (Å²) in [7, 11) is 0. The normalized spacial score (nSPS) is 11.8. The number of urea groups is 1. The Morgan fingerprint density at radius 2 is 2.04 bits per heavy atom. The molecule has 6 nitrogen and oxygen atoms in total. The second-order valence-corrected chi connectivity index (χ2v) is 6.93. The highest BCUT2D eigenvalue weighted by molar-refractivity contribution is 7.14. The van der Waals surface area contributed by atoms with Gasteiger partial charge in [-0.1, -0.05) is 18.2 Å². The average molecular weight is 387 g/mol. The van der Waals surface area contributed by atoms with Crippen molar-refractivity contribution in [2.75, 3.05) is 5.32 Å². The van der Waals surface area contributed by atoms with Crippen LogP contribution in [-0.2, 0) is 6.42 Å². The van der Waals surface area contributed by atoms with E-state index in [0.29, 0.717) is 22.8 Å². The maximum absolute atomic E-state index is 13.3. The number of carbonyl (C=O) groups excluding carboxylic acids is 1. The monoisotopic (exact) mass is 387 g/mol. The van der Waals surface area contributed by atoms with Crippen molar-refractivity contribution in [1.82, 2.24) is 10.3 Å². The molecule has 1 aromatic heterocycles. The summed E-state index contributed by atoms with van der Waals surface area (Å²) in [6.07, 6.45) is 0.480. The number of amides is 2. The number of nitrogens with zero attached hydrogens (tertiary/aromatic N) is 1. The molecule has 0 saturated heterocycles. The highest BCUT2D eigenvalue weighted by Crippen LogP contribution is 2.26. The third-order valence-corrected chi connectivity index (χ3v) is 4.56. The molecule has 0 spiro atoms. The Labute approximate surface area is 159 Å². The van der Waals surface area contributed by atoms with Crippen LogP contribution in [0.15, 0.2) is 47.8 Å². The fraction of sp³-hybridized carbons (Fsp3) is 0.158. The van der Waals surface area contributed by atoms with E-state index in [4.69, 9.17) is 0 Å². The van der Waals surface area contributed by atoms with Crippen LogP contribution >= 0.6 is 11.3 Å². The summed E-state index contributed by atoms with van der Waals surface area (Å²) in [5.74, 6) is -0.728. The number of hydrogen-bond donors (Lipinski definition) is 4. The molecule has 8 heteroatoms. The number of benzene rings is 2. The maximum atomic E-state index is 13.3. The van der Waals surface area contributed by atoms with Gasteiger partial charge >= 0.3 is 6.03 Å². The van der Waals surface area contributed by atoms with Gasteiger partial charge in [0.15, 0.2) is 16.6 Å². The maximum Gasteiger partial charge on any atom is 0.321 e. The lowest BCUT2D eigenvalue weighted by Crippen LogP contribution is -2.37. The van der Waals surface area contributed by atoms with Crippen LogP contribution in [0.4, 0.5) is 14.3 Å². The standard InChI is InChI=1S/C19H18FN3O3S/c1-11(7-12-5-6-16(24)17(25)8-12)21-18(26)23-19-22-15(10-27-19)13-3-2-4-14(20)9-13/h2-6,8-11,24-25H,7H2,1H3,(H2,21,22,23,26)/t11-/m0/s1. The Morgan fingerprint density at radius 1 is 1.22 bits per heavy atom. The van der Waals surface area contributed by atoms with Gasteiger partial charge in [0.1, 0.15) is 5.82 Å². The van der Waals surface area contributed by atoms with Crippen molar-refractivity contribution in [3.05, 3.63) is 59.2 Å². The van der Waals surface area contributed by atoms with Crippen LogP contribution in [0.1, 0.15) is 12.5 Å². The minimum Gasteiger partial charge on any atom is -0.504 e. The van der Waals surface area contributed by atoms with E-state index in [2.05, 4.69) is 15.6 Å². The van der Waals surface area contributed by atoms with Gasteiger partial charge in [0.25, 0.3) is 0 Å². The highest BCUT2D eigenvalue weighted by Gasteiger charge is 2.12. The van der Waals surface area contributed by atoms with Gasteiger partial charge in [0.05, 0.1) is 5.69 Å². The molecular weight excluding hydrogens is 369 g/mol. The Kier molecular flexibility index (Phi) is 5.56. The quantitative estimate of drug-likeness (QED) is 0.496. The number of rotatable bonds is 5. The van der Waals surface area contributed by atoms with Gasteiger partial charge in [-0.2, -0.15) is 0 Å². The van der Waals surface area contributed by atoms with Crippen LogP contribution < -0.4 is 10.6 Å². The van der Waals surface area contributed by atoms with E-state index >= 15 is 0 Å². The smallest absolute Gasteiger partial charge is 0.321 e. The van der Waals surface area contributed by atoms with Crippen molar-refractivity contribution < 1.29 is 19.4 Å². The summed E-state index contributed by atoms with van der Waals surface area (Å²) in [5.41, 5.74) is 2.00. The topological polar surface area (TPSA) is 94.5 Å². The molecule has 0 fully saturated rings. The molecular formula is C19H18FN3O3S. The molecule has 3 rings (SSSR count). The third-order valence-electron chi connectivity index (χ3n) is 3.80. The van der Waals surface area contributed by atoms with Crippen molar-refractivity contribution >= 4 is 22.5 Å². The van der Waals surface area contributed by atoms with E-state index in [0.717, 1.165) is 5.56 Å². The number of hydrogen-bond acceptors (Lipinski definition) is 5. The molecule has 0 unspecified atom stereocenters. The molecule has 0 aliphatic carbocycles. The molecule has 1 atom stereocenters. The number of anilines is 1. The molecule has 4 N–H and O–H groups in total. The van der Waals surface area contributed by atoms with Crippen LogP contribution in [0.5, 0.6) is 11.5 Å². The number of carbonyl (C=O) groups is 1. The number of phenolic OH excluding ortho intramolecular Hbond substituents is 2. The van der Waals surface area contributed by atoms with Gasteiger partial charge in [-0.25, -0.2) is 14.2 Å². The van der Waals surface area contributed by atoms with E-state index in [-0.39, 0.29) is 23.4 Å². The summed E-state index contributed by atoms with van der Waals surface area (Å²) in [5, 5.41) is 26.4. The molecule has 0 saturated carbocycles. The number of aromatic nitrogens is 1. The molecule has 0 aliphatic rings. The Balaban J connectivity index is 1.56. The van der Waals surface area contributed by atoms with Gasteiger partial charge in [-0.3, -0.25) is 5.32 Å². The van der Waals surface area contributed by atoms with Crippen LogP contribution in [0.25, 0.3) is 11.3 Å². The Morgan fingerprint density at radius 3 is 2.78 bits per heavy atom. The zero-order valence-corrected chi connectivity index (χ0v) is 15.3. The second-order valence-electron chi connectivity index (χ2n) is 6.07. The predicted molar refractivity (Wildman–Crippen MR) is 103 cm³/mol. The minimum absolute atomic E-state index is 0.185. The fourth-order valence-corrected chi connectivity index (χ4v) is 3.28. The zero-order chi connectivity index (χ0) is 19.4. The van der Waals surface area contributed by atoms with Gasteiger partial charge < -0.3 is 15.5 Å². The summed E-state index contributed by atoms with van der Waals surface area (Å²) in [4.78, 5) is 16.4. The van der Waals surface area contributed by atoms with Crippen LogP contribution in [-0.4, -0.2) is 27.3 Å². The van der Waals surface area contributed by atoms with Crippen molar-refractivity contribution in [2.24, 2.45) is 0 Å². The van der Waals surface area contributed by atoms with Gasteiger partial charge in [-0.05, 0) is 43.2 Å². The van der Waals surface area contributed by atoms with E-state index in [1.165, 1.54) is 35.6 Å². The first-order valence-corrected chi connectivity index (χ1v) is 9.08. The van der Waals surface area contributed by atoms with Crippen molar-refractivity contribution in [1.29, 1.82) is 0 Å². The van der Waals surface area contributed by atoms with Gasteiger partial charge in [0.2, 0.25) is 0 Å². The van der Waals surface area contributed by atoms with E-state index in [1.54, 1.807) is 23.6 Å². The molecule has 1 heterocycles. The number of halogens is 1. The lowest BCUT2D eigenvalue weighted by atomic mass is 10.1. The number of nitrogens with one attached hydrogen (secondary N) is 2. The molecule has 0 aliphatic heterocycles. The Hall–Kier alpha value is -3.13. The predicted octanol–water partition coefficient (Wildman–Crippen LogP) is 4.11. The lowest BCUT2D eigenvalue weighted by molar-refractivity contribution is 0.249. The second kappa shape index (κ2) is 8.05. The SMILES string of the molecule is C[C@@H](Cc1ccc(O)c(O)c1)NC(=O)Nc1nc(-c2cccc(F)c2)cs1. The van der Waals surface area contributed by atoms with Gasteiger partial charge in [0, 0.05) is 17.0 Å². The molecule has 140 valence electrons. The van der Waals surface area contributed by atoms with Crippen LogP contribution in [0, 0.1) is 5.82 Å². The van der Waals surface area contributed by atoms with Crippen molar-refractivity contribution in [3.8, 4) is 22.8 Å². The zero-order valence-electron chi connectivity index (χ0n) is 14.4. The highest BCUT2D eigenvalue weighted by atomic mass is 32.1. The largest absolute Gasteiger partial charge is 0.504 e. The molecule has 0 radical (unpaired) electrons. The van der Waals surface area contributed by atoms with Gasteiger partial charge in [-0.15, -0.1) is 11.3 Å². The van der Waals surface area contributed by atoms with E-state index in [1.807, 2.05) is 6.92 Å². The molecule has 0 bridgehead atoms.